The first-order chi connectivity index (χ1) is 9.72. The van der Waals surface area contributed by atoms with Crippen LogP contribution in [0.15, 0.2) is 54.9 Å². The first-order valence-electron chi connectivity index (χ1n) is 6.70. The minimum atomic E-state index is -0.613. The molecule has 0 radical (unpaired) electrons. The Morgan fingerprint density at radius 1 is 1.20 bits per heavy atom. The highest BCUT2D eigenvalue weighted by atomic mass is 16.2. The fraction of sp³-hybridized carbons (Fsp3) is 0.250. The van der Waals surface area contributed by atoms with Crippen LogP contribution in [0.2, 0.25) is 0 Å². The van der Waals surface area contributed by atoms with Crippen molar-refractivity contribution in [2.24, 2.45) is 5.73 Å². The van der Waals surface area contributed by atoms with E-state index in [4.69, 9.17) is 5.73 Å². The summed E-state index contributed by atoms with van der Waals surface area (Å²) in [6, 6.07) is 12.6. The number of likely N-dealkylation sites (N-methyl/N-ethyl adjacent to an activating group) is 1. The van der Waals surface area contributed by atoms with Crippen LogP contribution in [0.5, 0.6) is 0 Å². The SMILES string of the molecule is CCN(Cc1ccncc1)C(=O)C(N)c1ccccc1. The van der Waals surface area contributed by atoms with E-state index < -0.39 is 6.04 Å². The molecule has 0 saturated carbocycles. The molecule has 1 heterocycles. The molecule has 1 aromatic carbocycles. The van der Waals surface area contributed by atoms with Crippen LogP contribution in [-0.4, -0.2) is 22.3 Å². The molecule has 0 fully saturated rings. The number of pyridine rings is 1. The fourth-order valence-electron chi connectivity index (χ4n) is 2.05. The van der Waals surface area contributed by atoms with E-state index >= 15 is 0 Å². The Bertz CT molecular complexity index is 542. The maximum absolute atomic E-state index is 12.5. The molecule has 0 aliphatic carbocycles. The standard InChI is InChI=1S/C16H19N3O/c1-2-19(12-13-8-10-18-11-9-13)16(20)15(17)14-6-4-3-5-7-14/h3-11,15H,2,12,17H2,1H3. The van der Waals surface area contributed by atoms with Gasteiger partial charge in [0.1, 0.15) is 6.04 Å². The summed E-state index contributed by atoms with van der Waals surface area (Å²) in [5, 5.41) is 0. The molecule has 2 rings (SSSR count). The van der Waals surface area contributed by atoms with Gasteiger partial charge in [-0.05, 0) is 30.2 Å². The second kappa shape index (κ2) is 6.82. The van der Waals surface area contributed by atoms with Crippen LogP contribution in [0.3, 0.4) is 0 Å². The third-order valence-electron chi connectivity index (χ3n) is 3.24. The first kappa shape index (κ1) is 14.2. The highest BCUT2D eigenvalue weighted by Gasteiger charge is 2.21. The van der Waals surface area contributed by atoms with E-state index in [9.17, 15) is 4.79 Å². The number of hydrogen-bond donors (Lipinski definition) is 1. The van der Waals surface area contributed by atoms with Crippen LogP contribution in [0.4, 0.5) is 0 Å². The number of hydrogen-bond acceptors (Lipinski definition) is 3. The maximum atomic E-state index is 12.5. The van der Waals surface area contributed by atoms with Crippen molar-refractivity contribution < 1.29 is 4.79 Å². The molecule has 0 spiro atoms. The summed E-state index contributed by atoms with van der Waals surface area (Å²) in [6.45, 7) is 3.14. The van der Waals surface area contributed by atoms with E-state index in [1.54, 1.807) is 17.3 Å². The summed E-state index contributed by atoms with van der Waals surface area (Å²) in [7, 11) is 0. The van der Waals surface area contributed by atoms with Gasteiger partial charge in [-0.1, -0.05) is 30.3 Å². The Kier molecular flexibility index (Phi) is 4.85. The van der Waals surface area contributed by atoms with Crippen LogP contribution < -0.4 is 5.73 Å². The monoisotopic (exact) mass is 269 g/mol. The second-order valence-corrected chi connectivity index (χ2v) is 4.60. The zero-order chi connectivity index (χ0) is 14.4. The molecular weight excluding hydrogens is 250 g/mol. The Morgan fingerprint density at radius 2 is 1.85 bits per heavy atom. The highest BCUT2D eigenvalue weighted by Crippen LogP contribution is 2.14. The quantitative estimate of drug-likeness (QED) is 0.904. The van der Waals surface area contributed by atoms with E-state index in [0.717, 1.165) is 11.1 Å². The minimum Gasteiger partial charge on any atom is -0.337 e. The van der Waals surface area contributed by atoms with Crippen molar-refractivity contribution in [3.63, 3.8) is 0 Å². The molecule has 4 nitrogen and oxygen atoms in total. The summed E-state index contributed by atoms with van der Waals surface area (Å²) in [4.78, 5) is 18.2. The molecule has 1 atom stereocenters. The maximum Gasteiger partial charge on any atom is 0.244 e. The van der Waals surface area contributed by atoms with Crippen molar-refractivity contribution in [2.75, 3.05) is 6.54 Å². The molecule has 1 aromatic heterocycles. The smallest absolute Gasteiger partial charge is 0.244 e. The van der Waals surface area contributed by atoms with Crippen molar-refractivity contribution in [1.82, 2.24) is 9.88 Å². The number of carbonyl (C=O) groups is 1. The van der Waals surface area contributed by atoms with Gasteiger partial charge in [0.05, 0.1) is 0 Å². The average Bonchev–Trinajstić information content (AvgIpc) is 2.53. The van der Waals surface area contributed by atoms with Crippen LogP contribution in [-0.2, 0) is 11.3 Å². The van der Waals surface area contributed by atoms with E-state index in [2.05, 4.69) is 4.98 Å². The van der Waals surface area contributed by atoms with E-state index in [-0.39, 0.29) is 5.91 Å². The van der Waals surface area contributed by atoms with Gasteiger partial charge in [-0.25, -0.2) is 0 Å². The highest BCUT2D eigenvalue weighted by molar-refractivity contribution is 5.83. The zero-order valence-corrected chi connectivity index (χ0v) is 11.6. The van der Waals surface area contributed by atoms with Crippen molar-refractivity contribution in [2.45, 2.75) is 19.5 Å². The van der Waals surface area contributed by atoms with E-state index in [1.165, 1.54) is 0 Å². The fourth-order valence-corrected chi connectivity index (χ4v) is 2.05. The molecule has 0 aliphatic heterocycles. The summed E-state index contributed by atoms with van der Waals surface area (Å²) in [5.41, 5.74) is 7.96. The largest absolute Gasteiger partial charge is 0.337 e. The molecule has 0 aliphatic rings. The molecule has 1 amide bonds. The van der Waals surface area contributed by atoms with Gasteiger partial charge >= 0.3 is 0 Å². The predicted molar refractivity (Wildman–Crippen MR) is 78.7 cm³/mol. The van der Waals surface area contributed by atoms with Gasteiger partial charge in [0.2, 0.25) is 5.91 Å². The van der Waals surface area contributed by atoms with Gasteiger partial charge in [-0.3, -0.25) is 9.78 Å². The third kappa shape index (κ3) is 3.42. The number of aromatic nitrogens is 1. The molecule has 0 saturated heterocycles. The van der Waals surface area contributed by atoms with Crippen molar-refractivity contribution in [3.05, 3.63) is 66.0 Å². The zero-order valence-electron chi connectivity index (χ0n) is 11.6. The van der Waals surface area contributed by atoms with Crippen molar-refractivity contribution >= 4 is 5.91 Å². The molecule has 104 valence electrons. The topological polar surface area (TPSA) is 59.2 Å². The van der Waals surface area contributed by atoms with Gasteiger partial charge in [0.15, 0.2) is 0 Å². The third-order valence-corrected chi connectivity index (χ3v) is 3.24. The summed E-state index contributed by atoms with van der Waals surface area (Å²) in [5.74, 6) is -0.0597. The molecular formula is C16H19N3O. The average molecular weight is 269 g/mol. The Hall–Kier alpha value is -2.20. The Balaban J connectivity index is 2.09. The number of amides is 1. The van der Waals surface area contributed by atoms with Crippen LogP contribution in [0.25, 0.3) is 0 Å². The minimum absolute atomic E-state index is 0.0597. The molecule has 4 heteroatoms. The van der Waals surface area contributed by atoms with Crippen LogP contribution >= 0.6 is 0 Å². The Labute approximate surface area is 119 Å². The van der Waals surface area contributed by atoms with E-state index in [0.29, 0.717) is 13.1 Å². The van der Waals surface area contributed by atoms with Crippen molar-refractivity contribution in [1.29, 1.82) is 0 Å². The summed E-state index contributed by atoms with van der Waals surface area (Å²) in [6.07, 6.45) is 3.45. The predicted octanol–water partition coefficient (Wildman–Crippen LogP) is 2.13. The number of rotatable bonds is 5. The Morgan fingerprint density at radius 3 is 2.45 bits per heavy atom. The molecule has 2 N–H and O–H groups in total. The van der Waals surface area contributed by atoms with Gasteiger partial charge in [-0.15, -0.1) is 0 Å². The van der Waals surface area contributed by atoms with Gasteiger partial charge < -0.3 is 10.6 Å². The number of nitrogens with two attached hydrogens (primary N) is 1. The number of benzene rings is 1. The lowest BCUT2D eigenvalue weighted by Crippen LogP contribution is -2.38. The molecule has 0 bridgehead atoms. The lowest BCUT2D eigenvalue weighted by atomic mass is 10.1. The molecule has 20 heavy (non-hydrogen) atoms. The number of carbonyl (C=O) groups excluding carboxylic acids is 1. The van der Waals surface area contributed by atoms with Crippen LogP contribution in [0.1, 0.15) is 24.1 Å². The number of nitrogens with zero attached hydrogens (tertiary/aromatic N) is 2. The van der Waals surface area contributed by atoms with Crippen molar-refractivity contribution in [3.8, 4) is 0 Å². The molecule has 2 aromatic rings. The van der Waals surface area contributed by atoms with Gasteiger partial charge in [-0.2, -0.15) is 0 Å². The second-order valence-electron chi connectivity index (χ2n) is 4.60. The van der Waals surface area contributed by atoms with Gasteiger partial charge in [0.25, 0.3) is 0 Å². The lowest BCUT2D eigenvalue weighted by Gasteiger charge is -2.24. The van der Waals surface area contributed by atoms with Gasteiger partial charge in [0, 0.05) is 25.5 Å². The van der Waals surface area contributed by atoms with E-state index in [1.807, 2.05) is 49.4 Å². The normalized spacial score (nSPS) is 11.9. The first-order valence-corrected chi connectivity index (χ1v) is 6.70. The molecule has 1 unspecified atom stereocenters. The van der Waals surface area contributed by atoms with Crippen LogP contribution in [0, 0.1) is 0 Å². The lowest BCUT2D eigenvalue weighted by molar-refractivity contribution is -0.133. The summed E-state index contributed by atoms with van der Waals surface area (Å²) >= 11 is 0. The summed E-state index contributed by atoms with van der Waals surface area (Å²) < 4.78 is 0.